The van der Waals surface area contributed by atoms with Gasteiger partial charge in [-0.25, -0.2) is 4.79 Å². The van der Waals surface area contributed by atoms with E-state index in [9.17, 15) is 9.59 Å². The topological polar surface area (TPSA) is 73.9 Å². The van der Waals surface area contributed by atoms with Gasteiger partial charge in [-0.2, -0.15) is 0 Å². The van der Waals surface area contributed by atoms with Crippen LogP contribution in [-0.2, 0) is 19.1 Å². The van der Waals surface area contributed by atoms with Crippen molar-refractivity contribution in [2.24, 2.45) is 0 Å². The lowest BCUT2D eigenvalue weighted by molar-refractivity contribution is -0.150. The quantitative estimate of drug-likeness (QED) is 0.766. The van der Waals surface area contributed by atoms with Crippen LogP contribution in [-0.4, -0.2) is 44.3 Å². The third-order valence-corrected chi connectivity index (χ3v) is 3.63. The van der Waals surface area contributed by atoms with E-state index in [0.29, 0.717) is 17.3 Å². The molecule has 1 N–H and O–H groups in total. The zero-order valence-electron chi connectivity index (χ0n) is 13.0. The monoisotopic (exact) mass is 341 g/mol. The first kappa shape index (κ1) is 17.6. The number of rotatable bonds is 7. The van der Waals surface area contributed by atoms with Gasteiger partial charge in [-0.3, -0.25) is 4.79 Å². The Morgan fingerprint density at radius 3 is 2.91 bits per heavy atom. The summed E-state index contributed by atoms with van der Waals surface area (Å²) < 4.78 is 15.6. The fraction of sp³-hybridized carbons (Fsp3) is 0.500. The van der Waals surface area contributed by atoms with E-state index in [-0.39, 0.29) is 25.2 Å². The van der Waals surface area contributed by atoms with E-state index in [0.717, 1.165) is 25.0 Å². The summed E-state index contributed by atoms with van der Waals surface area (Å²) in [6, 6.07) is 5.09. The molecule has 1 aromatic carbocycles. The maximum atomic E-state index is 11.6. The Morgan fingerprint density at radius 1 is 1.39 bits per heavy atom. The Morgan fingerprint density at radius 2 is 2.22 bits per heavy atom. The molecule has 0 aliphatic carbocycles. The van der Waals surface area contributed by atoms with Crippen LogP contribution in [0, 0.1) is 6.92 Å². The molecule has 0 bridgehead atoms. The highest BCUT2D eigenvalue weighted by Crippen LogP contribution is 2.21. The number of esters is 1. The van der Waals surface area contributed by atoms with Crippen molar-refractivity contribution in [3.63, 3.8) is 0 Å². The highest BCUT2D eigenvalue weighted by Gasteiger charge is 2.16. The summed E-state index contributed by atoms with van der Waals surface area (Å²) in [6.45, 7) is 2.41. The van der Waals surface area contributed by atoms with E-state index < -0.39 is 5.97 Å². The Balaban J connectivity index is 1.63. The average molecular weight is 342 g/mol. The molecule has 0 aromatic heterocycles. The molecule has 0 saturated carbocycles. The summed E-state index contributed by atoms with van der Waals surface area (Å²) >= 11 is 5.84. The lowest BCUT2D eigenvalue weighted by atomic mass is 10.2. The van der Waals surface area contributed by atoms with Crippen LogP contribution in [0.4, 0.5) is 0 Å². The molecule has 1 saturated heterocycles. The van der Waals surface area contributed by atoms with Crippen molar-refractivity contribution >= 4 is 23.5 Å². The minimum atomic E-state index is -0.605. The standard InChI is InChI=1S/C16H20ClNO5/c1-11-7-12(17)4-5-14(11)22-10-16(20)23-9-15(19)18-8-13-3-2-6-21-13/h4-5,7,13H,2-3,6,8-10H2,1H3,(H,18,19)/t13-/m1/s1. The molecule has 0 spiro atoms. The van der Waals surface area contributed by atoms with Gasteiger partial charge in [-0.05, 0) is 43.5 Å². The minimum absolute atomic E-state index is 0.0610. The molecule has 1 amide bonds. The largest absolute Gasteiger partial charge is 0.482 e. The number of benzene rings is 1. The van der Waals surface area contributed by atoms with Crippen molar-refractivity contribution in [1.82, 2.24) is 5.32 Å². The van der Waals surface area contributed by atoms with Gasteiger partial charge >= 0.3 is 5.97 Å². The predicted molar refractivity (Wildman–Crippen MR) is 84.6 cm³/mol. The highest BCUT2D eigenvalue weighted by atomic mass is 35.5. The number of ether oxygens (including phenoxy) is 3. The van der Waals surface area contributed by atoms with Crippen molar-refractivity contribution in [3.05, 3.63) is 28.8 Å². The molecule has 2 rings (SSSR count). The van der Waals surface area contributed by atoms with Crippen molar-refractivity contribution in [2.45, 2.75) is 25.9 Å². The molecule has 0 unspecified atom stereocenters. The molecular weight excluding hydrogens is 322 g/mol. The maximum absolute atomic E-state index is 11.6. The summed E-state index contributed by atoms with van der Waals surface area (Å²) in [5, 5.41) is 3.27. The van der Waals surface area contributed by atoms with Crippen molar-refractivity contribution in [1.29, 1.82) is 0 Å². The van der Waals surface area contributed by atoms with Crippen LogP contribution < -0.4 is 10.1 Å². The fourth-order valence-corrected chi connectivity index (χ4v) is 2.41. The number of carbonyl (C=O) groups excluding carboxylic acids is 2. The van der Waals surface area contributed by atoms with Gasteiger partial charge in [0.15, 0.2) is 13.2 Å². The Kier molecular flexibility index (Phi) is 6.67. The summed E-state index contributed by atoms with van der Waals surface area (Å²) in [5.74, 6) is -0.405. The van der Waals surface area contributed by atoms with E-state index in [1.807, 2.05) is 6.92 Å². The molecule has 23 heavy (non-hydrogen) atoms. The number of carbonyl (C=O) groups is 2. The summed E-state index contributed by atoms with van der Waals surface area (Å²) in [7, 11) is 0. The van der Waals surface area contributed by atoms with E-state index in [4.69, 9.17) is 25.8 Å². The third kappa shape index (κ3) is 6.08. The molecule has 7 heteroatoms. The number of amides is 1. The van der Waals surface area contributed by atoms with Gasteiger partial charge in [0.2, 0.25) is 0 Å². The SMILES string of the molecule is Cc1cc(Cl)ccc1OCC(=O)OCC(=O)NC[C@H]1CCCO1. The summed E-state index contributed by atoms with van der Waals surface area (Å²) in [4.78, 5) is 23.2. The Bertz CT molecular complexity index is 557. The van der Waals surface area contributed by atoms with Crippen LogP contribution >= 0.6 is 11.6 Å². The molecule has 6 nitrogen and oxygen atoms in total. The first-order valence-electron chi connectivity index (χ1n) is 7.47. The summed E-state index contributed by atoms with van der Waals surface area (Å²) in [5.41, 5.74) is 0.819. The predicted octanol–water partition coefficient (Wildman–Crippen LogP) is 1.87. The maximum Gasteiger partial charge on any atom is 0.344 e. The first-order chi connectivity index (χ1) is 11.0. The second kappa shape index (κ2) is 8.74. The fourth-order valence-electron chi connectivity index (χ4n) is 2.18. The average Bonchev–Trinajstić information content (AvgIpc) is 3.03. The van der Waals surface area contributed by atoms with Crippen LogP contribution in [0.3, 0.4) is 0 Å². The zero-order valence-corrected chi connectivity index (χ0v) is 13.7. The molecule has 1 atom stereocenters. The molecule has 1 aliphatic rings. The van der Waals surface area contributed by atoms with Gasteiger partial charge in [0.05, 0.1) is 6.10 Å². The number of hydrogen-bond donors (Lipinski definition) is 1. The Hall–Kier alpha value is -1.79. The third-order valence-electron chi connectivity index (χ3n) is 3.40. The molecule has 1 heterocycles. The van der Waals surface area contributed by atoms with Crippen molar-refractivity contribution in [2.75, 3.05) is 26.4 Å². The molecule has 1 aliphatic heterocycles. The first-order valence-corrected chi connectivity index (χ1v) is 7.85. The second-order valence-electron chi connectivity index (χ2n) is 5.30. The van der Waals surface area contributed by atoms with Gasteiger partial charge < -0.3 is 19.5 Å². The van der Waals surface area contributed by atoms with Crippen LogP contribution in [0.2, 0.25) is 5.02 Å². The minimum Gasteiger partial charge on any atom is -0.482 e. The lowest BCUT2D eigenvalue weighted by Crippen LogP contribution is -2.35. The molecule has 126 valence electrons. The van der Waals surface area contributed by atoms with E-state index in [1.54, 1.807) is 18.2 Å². The number of aryl methyl sites for hydroxylation is 1. The normalized spacial score (nSPS) is 16.9. The van der Waals surface area contributed by atoms with Gasteiger partial charge in [0.1, 0.15) is 5.75 Å². The lowest BCUT2D eigenvalue weighted by Gasteiger charge is -2.11. The van der Waals surface area contributed by atoms with Crippen LogP contribution in [0.25, 0.3) is 0 Å². The van der Waals surface area contributed by atoms with Crippen molar-refractivity contribution < 1.29 is 23.8 Å². The summed E-state index contributed by atoms with van der Waals surface area (Å²) in [6.07, 6.45) is 2.01. The highest BCUT2D eigenvalue weighted by molar-refractivity contribution is 6.30. The van der Waals surface area contributed by atoms with E-state index in [2.05, 4.69) is 5.32 Å². The van der Waals surface area contributed by atoms with E-state index >= 15 is 0 Å². The van der Waals surface area contributed by atoms with Crippen molar-refractivity contribution in [3.8, 4) is 5.75 Å². The smallest absolute Gasteiger partial charge is 0.344 e. The van der Waals surface area contributed by atoms with Crippen LogP contribution in [0.15, 0.2) is 18.2 Å². The number of nitrogens with one attached hydrogen (secondary N) is 1. The van der Waals surface area contributed by atoms with Gasteiger partial charge in [0, 0.05) is 18.2 Å². The van der Waals surface area contributed by atoms with E-state index in [1.165, 1.54) is 0 Å². The Labute approximate surface area is 140 Å². The molecule has 1 aromatic rings. The van der Waals surface area contributed by atoms with Crippen LogP contribution in [0.5, 0.6) is 5.75 Å². The van der Waals surface area contributed by atoms with Gasteiger partial charge in [-0.15, -0.1) is 0 Å². The van der Waals surface area contributed by atoms with Crippen LogP contribution in [0.1, 0.15) is 18.4 Å². The second-order valence-corrected chi connectivity index (χ2v) is 5.73. The number of hydrogen-bond acceptors (Lipinski definition) is 5. The number of halogens is 1. The van der Waals surface area contributed by atoms with Gasteiger partial charge in [-0.1, -0.05) is 11.6 Å². The molecule has 1 fully saturated rings. The van der Waals surface area contributed by atoms with Gasteiger partial charge in [0.25, 0.3) is 5.91 Å². The molecular formula is C16H20ClNO5. The molecule has 0 radical (unpaired) electrons. The zero-order chi connectivity index (χ0) is 16.7.